The van der Waals surface area contributed by atoms with Gasteiger partial charge < -0.3 is 15.3 Å². The Morgan fingerprint density at radius 1 is 1.29 bits per heavy atom. The molecule has 1 aromatic rings. The number of nitrogens with zero attached hydrogens (tertiary/aromatic N) is 1. The summed E-state index contributed by atoms with van der Waals surface area (Å²) in [5.41, 5.74) is 1.55. The first kappa shape index (κ1) is 15.8. The van der Waals surface area contributed by atoms with Crippen LogP contribution in [0.4, 0.5) is 10.5 Å². The molecule has 1 saturated carbocycles. The van der Waals surface area contributed by atoms with E-state index in [-0.39, 0.29) is 6.03 Å². The first-order valence-corrected chi connectivity index (χ1v) is 7.90. The van der Waals surface area contributed by atoms with Gasteiger partial charge in [0.1, 0.15) is 0 Å². The number of hydrogen-bond acceptors (Lipinski definition) is 2. The zero-order valence-corrected chi connectivity index (χ0v) is 13.0. The maximum atomic E-state index is 12.4. The molecular formula is C17H26N2O2. The van der Waals surface area contributed by atoms with Gasteiger partial charge in [-0.05, 0) is 37.5 Å². The molecule has 0 heterocycles. The van der Waals surface area contributed by atoms with E-state index in [4.69, 9.17) is 0 Å². The van der Waals surface area contributed by atoms with Crippen LogP contribution in [0.1, 0.15) is 57.1 Å². The third-order valence-corrected chi connectivity index (χ3v) is 4.31. The molecule has 1 unspecified atom stereocenters. The molecule has 2 amide bonds. The fraction of sp³-hybridized carbons (Fsp3) is 0.588. The number of aliphatic hydroxyl groups is 1. The van der Waals surface area contributed by atoms with Gasteiger partial charge >= 0.3 is 6.03 Å². The fourth-order valence-corrected chi connectivity index (χ4v) is 2.90. The largest absolute Gasteiger partial charge is 0.389 e. The van der Waals surface area contributed by atoms with Crippen molar-refractivity contribution in [3.8, 4) is 0 Å². The van der Waals surface area contributed by atoms with Crippen molar-refractivity contribution in [2.45, 2.75) is 57.6 Å². The van der Waals surface area contributed by atoms with Crippen LogP contribution in [0.3, 0.4) is 0 Å². The second kappa shape index (κ2) is 7.46. The Morgan fingerprint density at radius 3 is 2.57 bits per heavy atom. The van der Waals surface area contributed by atoms with Gasteiger partial charge in [-0.25, -0.2) is 4.79 Å². The lowest BCUT2D eigenvalue weighted by Gasteiger charge is -2.27. The highest BCUT2D eigenvalue weighted by molar-refractivity contribution is 5.89. The SMILES string of the molecule is CC(O)c1cccc(NC(=O)N(C)C2CCCCCC2)c1. The smallest absolute Gasteiger partial charge is 0.321 e. The molecule has 0 radical (unpaired) electrons. The van der Waals surface area contributed by atoms with Gasteiger partial charge in [-0.3, -0.25) is 0 Å². The van der Waals surface area contributed by atoms with Gasteiger partial charge in [0.25, 0.3) is 0 Å². The molecule has 1 atom stereocenters. The van der Waals surface area contributed by atoms with Gasteiger partial charge in [-0.2, -0.15) is 0 Å². The summed E-state index contributed by atoms with van der Waals surface area (Å²) in [5, 5.41) is 12.5. The zero-order valence-electron chi connectivity index (χ0n) is 13.0. The first-order chi connectivity index (χ1) is 10.1. The monoisotopic (exact) mass is 290 g/mol. The molecule has 4 heteroatoms. The molecule has 2 N–H and O–H groups in total. The average molecular weight is 290 g/mol. The highest BCUT2D eigenvalue weighted by Gasteiger charge is 2.21. The number of carbonyl (C=O) groups is 1. The highest BCUT2D eigenvalue weighted by Crippen LogP contribution is 2.22. The van der Waals surface area contributed by atoms with Crippen LogP contribution in [-0.4, -0.2) is 29.1 Å². The fourth-order valence-electron chi connectivity index (χ4n) is 2.90. The Hall–Kier alpha value is -1.55. The summed E-state index contributed by atoms with van der Waals surface area (Å²) in [5.74, 6) is 0. The maximum absolute atomic E-state index is 12.4. The maximum Gasteiger partial charge on any atom is 0.321 e. The molecule has 0 aliphatic heterocycles. The number of aliphatic hydroxyl groups excluding tert-OH is 1. The molecule has 1 aromatic carbocycles. The van der Waals surface area contributed by atoms with E-state index in [9.17, 15) is 9.90 Å². The molecule has 116 valence electrons. The van der Waals surface area contributed by atoms with Crippen LogP contribution >= 0.6 is 0 Å². The van der Waals surface area contributed by atoms with Crippen molar-refractivity contribution in [3.05, 3.63) is 29.8 Å². The molecule has 1 aliphatic carbocycles. The lowest BCUT2D eigenvalue weighted by Crippen LogP contribution is -2.39. The lowest BCUT2D eigenvalue weighted by atomic mass is 10.1. The minimum atomic E-state index is -0.526. The normalized spacial score (nSPS) is 17.9. The Kier molecular flexibility index (Phi) is 5.62. The van der Waals surface area contributed by atoms with Crippen LogP contribution in [0.15, 0.2) is 24.3 Å². The molecule has 21 heavy (non-hydrogen) atoms. The first-order valence-electron chi connectivity index (χ1n) is 7.90. The van der Waals surface area contributed by atoms with Gasteiger partial charge in [-0.1, -0.05) is 37.8 Å². The van der Waals surface area contributed by atoms with Crippen LogP contribution in [0, 0.1) is 0 Å². The van der Waals surface area contributed by atoms with Crippen molar-refractivity contribution in [2.75, 3.05) is 12.4 Å². The molecule has 0 aromatic heterocycles. The van der Waals surface area contributed by atoms with Crippen molar-refractivity contribution in [2.24, 2.45) is 0 Å². The van der Waals surface area contributed by atoms with E-state index in [1.165, 1.54) is 25.7 Å². The van der Waals surface area contributed by atoms with Crippen molar-refractivity contribution in [1.29, 1.82) is 0 Å². The highest BCUT2D eigenvalue weighted by atomic mass is 16.3. The Bertz CT molecular complexity index is 466. The summed E-state index contributed by atoms with van der Waals surface area (Å²) < 4.78 is 0. The van der Waals surface area contributed by atoms with Crippen LogP contribution in [0.2, 0.25) is 0 Å². The van der Waals surface area contributed by atoms with Crippen LogP contribution < -0.4 is 5.32 Å². The van der Waals surface area contributed by atoms with E-state index in [0.29, 0.717) is 6.04 Å². The lowest BCUT2D eigenvalue weighted by molar-refractivity contribution is 0.196. The van der Waals surface area contributed by atoms with Crippen LogP contribution in [0.5, 0.6) is 0 Å². The number of rotatable bonds is 3. The van der Waals surface area contributed by atoms with Crippen LogP contribution in [-0.2, 0) is 0 Å². The van der Waals surface area contributed by atoms with Crippen molar-refractivity contribution >= 4 is 11.7 Å². The minimum absolute atomic E-state index is 0.0651. The van der Waals surface area contributed by atoms with E-state index in [0.717, 1.165) is 24.1 Å². The summed E-state index contributed by atoms with van der Waals surface area (Å²) in [4.78, 5) is 14.2. The molecule has 4 nitrogen and oxygen atoms in total. The summed E-state index contributed by atoms with van der Waals surface area (Å²) in [6.07, 6.45) is 6.64. The quantitative estimate of drug-likeness (QED) is 0.829. The molecular weight excluding hydrogens is 264 g/mol. The van der Waals surface area contributed by atoms with E-state index in [1.807, 2.05) is 36.2 Å². The number of benzene rings is 1. The van der Waals surface area contributed by atoms with E-state index in [2.05, 4.69) is 5.32 Å². The third-order valence-electron chi connectivity index (χ3n) is 4.31. The predicted molar refractivity (Wildman–Crippen MR) is 85.3 cm³/mol. The van der Waals surface area contributed by atoms with E-state index in [1.54, 1.807) is 6.92 Å². The Labute approximate surface area is 127 Å². The predicted octanol–water partition coefficient (Wildman–Crippen LogP) is 3.93. The Morgan fingerprint density at radius 2 is 1.95 bits per heavy atom. The average Bonchev–Trinajstić information content (AvgIpc) is 2.75. The number of carbonyl (C=O) groups excluding carboxylic acids is 1. The molecule has 1 aliphatic rings. The number of urea groups is 1. The van der Waals surface area contributed by atoms with Crippen molar-refractivity contribution in [1.82, 2.24) is 4.90 Å². The van der Waals surface area contributed by atoms with Crippen molar-refractivity contribution < 1.29 is 9.90 Å². The number of hydrogen-bond donors (Lipinski definition) is 2. The number of nitrogens with one attached hydrogen (secondary N) is 1. The second-order valence-corrected chi connectivity index (χ2v) is 5.99. The van der Waals surface area contributed by atoms with Gasteiger partial charge in [0, 0.05) is 18.8 Å². The summed E-state index contributed by atoms with van der Waals surface area (Å²) in [6.45, 7) is 1.72. The summed E-state index contributed by atoms with van der Waals surface area (Å²) >= 11 is 0. The van der Waals surface area contributed by atoms with Gasteiger partial charge in [0.15, 0.2) is 0 Å². The number of amides is 2. The summed E-state index contributed by atoms with van der Waals surface area (Å²) in [7, 11) is 1.88. The van der Waals surface area contributed by atoms with Crippen LogP contribution in [0.25, 0.3) is 0 Å². The van der Waals surface area contributed by atoms with E-state index < -0.39 is 6.10 Å². The van der Waals surface area contributed by atoms with Gasteiger partial charge in [-0.15, -0.1) is 0 Å². The molecule has 0 spiro atoms. The standard InChI is InChI=1S/C17H26N2O2/c1-13(20)14-8-7-9-15(12-14)18-17(21)19(2)16-10-5-3-4-6-11-16/h7-9,12-13,16,20H,3-6,10-11H2,1-2H3,(H,18,21). The molecule has 0 saturated heterocycles. The third kappa shape index (κ3) is 4.46. The number of anilines is 1. The van der Waals surface area contributed by atoms with Gasteiger partial charge in [0.2, 0.25) is 0 Å². The molecule has 0 bridgehead atoms. The minimum Gasteiger partial charge on any atom is -0.389 e. The van der Waals surface area contributed by atoms with E-state index >= 15 is 0 Å². The second-order valence-electron chi connectivity index (χ2n) is 5.99. The topological polar surface area (TPSA) is 52.6 Å². The van der Waals surface area contributed by atoms with Crippen molar-refractivity contribution in [3.63, 3.8) is 0 Å². The molecule has 1 fully saturated rings. The zero-order chi connectivity index (χ0) is 15.2. The Balaban J connectivity index is 1.98. The molecule has 2 rings (SSSR count). The summed E-state index contributed by atoms with van der Waals surface area (Å²) in [6, 6.07) is 7.66. The van der Waals surface area contributed by atoms with Gasteiger partial charge in [0.05, 0.1) is 6.10 Å².